The molecular formula is C15H19NO. The molecule has 1 fully saturated rings. The van der Waals surface area contributed by atoms with Gasteiger partial charge in [-0.25, -0.2) is 0 Å². The fourth-order valence-corrected chi connectivity index (χ4v) is 3.43. The lowest BCUT2D eigenvalue weighted by Crippen LogP contribution is -2.19. The molecule has 1 saturated carbocycles. The largest absolute Gasteiger partial charge is 0.325 e. The minimum absolute atomic E-state index is 0.106. The fourth-order valence-electron chi connectivity index (χ4n) is 3.43. The summed E-state index contributed by atoms with van der Waals surface area (Å²) in [6, 6.07) is 6.29. The lowest BCUT2D eigenvalue weighted by molar-refractivity contribution is -0.118. The van der Waals surface area contributed by atoms with Crippen LogP contribution in [-0.4, -0.2) is 5.91 Å². The average molecular weight is 229 g/mol. The van der Waals surface area contributed by atoms with Crippen molar-refractivity contribution >= 4 is 11.6 Å². The van der Waals surface area contributed by atoms with Gasteiger partial charge in [-0.2, -0.15) is 0 Å². The summed E-state index contributed by atoms with van der Waals surface area (Å²) in [6.07, 6.45) is 3.67. The number of carbonyl (C=O) groups excluding carboxylic acids is 1. The van der Waals surface area contributed by atoms with E-state index in [9.17, 15) is 4.79 Å². The van der Waals surface area contributed by atoms with E-state index in [1.165, 1.54) is 30.4 Å². The number of aryl methyl sites for hydroxylation is 1. The predicted molar refractivity (Wildman–Crippen MR) is 69.1 cm³/mol. The molecule has 2 aliphatic rings. The maximum atomic E-state index is 12.1. The molecule has 3 unspecified atom stereocenters. The Balaban J connectivity index is 1.96. The standard InChI is InChI=1S/C15H19NO/c1-9-3-5-11(7-9)14-12-8-10(2)4-6-13(12)16-15(14)17/h4,6,8-9,11,14H,3,5,7H2,1-2H3,(H,16,17). The molecule has 90 valence electrons. The third-order valence-corrected chi connectivity index (χ3v) is 4.29. The molecule has 2 nitrogen and oxygen atoms in total. The van der Waals surface area contributed by atoms with E-state index in [-0.39, 0.29) is 11.8 Å². The van der Waals surface area contributed by atoms with Gasteiger partial charge in [-0.15, -0.1) is 0 Å². The Morgan fingerprint density at radius 1 is 1.29 bits per heavy atom. The Bertz CT molecular complexity index is 466. The summed E-state index contributed by atoms with van der Waals surface area (Å²) in [6.45, 7) is 4.39. The third kappa shape index (κ3) is 1.76. The van der Waals surface area contributed by atoms with E-state index in [0.29, 0.717) is 5.92 Å². The minimum atomic E-state index is 0.106. The lowest BCUT2D eigenvalue weighted by Gasteiger charge is -2.17. The Kier molecular flexibility index (Phi) is 2.46. The van der Waals surface area contributed by atoms with Crippen LogP contribution < -0.4 is 5.32 Å². The monoisotopic (exact) mass is 229 g/mol. The second kappa shape index (κ2) is 3.86. The minimum Gasteiger partial charge on any atom is -0.325 e. The summed E-state index contributed by atoms with van der Waals surface area (Å²) in [4.78, 5) is 12.1. The van der Waals surface area contributed by atoms with Gasteiger partial charge >= 0.3 is 0 Å². The Hall–Kier alpha value is -1.31. The first-order chi connectivity index (χ1) is 8.15. The molecule has 3 rings (SSSR count). The van der Waals surface area contributed by atoms with Gasteiger partial charge in [0.05, 0.1) is 5.92 Å². The summed E-state index contributed by atoms with van der Waals surface area (Å²) in [7, 11) is 0. The Labute approximate surface area is 102 Å². The van der Waals surface area contributed by atoms with Gasteiger partial charge in [0.1, 0.15) is 0 Å². The van der Waals surface area contributed by atoms with E-state index in [4.69, 9.17) is 0 Å². The van der Waals surface area contributed by atoms with E-state index < -0.39 is 0 Å². The van der Waals surface area contributed by atoms with E-state index in [0.717, 1.165) is 11.6 Å². The van der Waals surface area contributed by atoms with Gasteiger partial charge in [0.25, 0.3) is 0 Å². The molecular weight excluding hydrogens is 210 g/mol. The van der Waals surface area contributed by atoms with Crippen LogP contribution in [0.15, 0.2) is 18.2 Å². The number of hydrogen-bond donors (Lipinski definition) is 1. The number of carbonyl (C=O) groups is 1. The predicted octanol–water partition coefficient (Wildman–Crippen LogP) is 3.47. The molecule has 1 aromatic carbocycles. The summed E-state index contributed by atoms with van der Waals surface area (Å²) in [5, 5.41) is 3.03. The third-order valence-electron chi connectivity index (χ3n) is 4.29. The van der Waals surface area contributed by atoms with Crippen LogP contribution in [0.2, 0.25) is 0 Å². The zero-order valence-electron chi connectivity index (χ0n) is 10.5. The molecule has 1 heterocycles. The average Bonchev–Trinajstić information content (AvgIpc) is 2.81. The molecule has 1 aliphatic carbocycles. The van der Waals surface area contributed by atoms with Gasteiger partial charge in [-0.05, 0) is 43.2 Å². The van der Waals surface area contributed by atoms with E-state index in [1.807, 2.05) is 6.07 Å². The molecule has 0 radical (unpaired) electrons. The second-order valence-corrected chi connectivity index (χ2v) is 5.74. The van der Waals surface area contributed by atoms with Crippen molar-refractivity contribution in [1.29, 1.82) is 0 Å². The van der Waals surface area contributed by atoms with Crippen molar-refractivity contribution in [2.75, 3.05) is 5.32 Å². The summed E-state index contributed by atoms with van der Waals surface area (Å²) < 4.78 is 0. The van der Waals surface area contributed by atoms with E-state index >= 15 is 0 Å². The van der Waals surface area contributed by atoms with E-state index in [1.54, 1.807) is 0 Å². The molecule has 3 atom stereocenters. The maximum absolute atomic E-state index is 12.1. The molecule has 1 amide bonds. The highest BCUT2D eigenvalue weighted by atomic mass is 16.2. The zero-order valence-corrected chi connectivity index (χ0v) is 10.5. The smallest absolute Gasteiger partial charge is 0.232 e. The SMILES string of the molecule is Cc1ccc2c(c1)C(C1CCC(C)C1)C(=O)N2. The van der Waals surface area contributed by atoms with E-state index in [2.05, 4.69) is 31.3 Å². The van der Waals surface area contributed by atoms with Crippen molar-refractivity contribution in [3.63, 3.8) is 0 Å². The van der Waals surface area contributed by atoms with Crippen LogP contribution >= 0.6 is 0 Å². The maximum Gasteiger partial charge on any atom is 0.232 e. The van der Waals surface area contributed by atoms with Crippen molar-refractivity contribution < 1.29 is 4.79 Å². The van der Waals surface area contributed by atoms with Gasteiger partial charge < -0.3 is 5.32 Å². The summed E-state index contributed by atoms with van der Waals surface area (Å²) in [5.41, 5.74) is 3.51. The summed E-state index contributed by atoms with van der Waals surface area (Å²) in [5.74, 6) is 1.65. The molecule has 17 heavy (non-hydrogen) atoms. The fraction of sp³-hybridized carbons (Fsp3) is 0.533. The first-order valence-corrected chi connectivity index (χ1v) is 6.56. The molecule has 2 heteroatoms. The van der Waals surface area contributed by atoms with Crippen molar-refractivity contribution in [3.8, 4) is 0 Å². The van der Waals surface area contributed by atoms with Gasteiger partial charge in [0, 0.05) is 5.69 Å². The second-order valence-electron chi connectivity index (χ2n) is 5.74. The first-order valence-electron chi connectivity index (χ1n) is 6.56. The van der Waals surface area contributed by atoms with Gasteiger partial charge in [0.2, 0.25) is 5.91 Å². The highest BCUT2D eigenvalue weighted by molar-refractivity contribution is 6.03. The first kappa shape index (κ1) is 10.8. The van der Waals surface area contributed by atoms with Crippen LogP contribution in [0.4, 0.5) is 5.69 Å². The number of benzene rings is 1. The van der Waals surface area contributed by atoms with Crippen LogP contribution in [0.3, 0.4) is 0 Å². The molecule has 0 bridgehead atoms. The van der Waals surface area contributed by atoms with Crippen LogP contribution in [0.1, 0.15) is 43.2 Å². The van der Waals surface area contributed by atoms with Crippen molar-refractivity contribution in [2.24, 2.45) is 11.8 Å². The lowest BCUT2D eigenvalue weighted by atomic mass is 9.85. The Morgan fingerprint density at radius 2 is 2.12 bits per heavy atom. The van der Waals surface area contributed by atoms with Gasteiger partial charge in [-0.1, -0.05) is 31.0 Å². The number of hydrogen-bond acceptors (Lipinski definition) is 1. The van der Waals surface area contributed by atoms with Crippen LogP contribution in [-0.2, 0) is 4.79 Å². The zero-order chi connectivity index (χ0) is 12.0. The van der Waals surface area contributed by atoms with Crippen LogP contribution in [0.5, 0.6) is 0 Å². The number of rotatable bonds is 1. The van der Waals surface area contributed by atoms with Crippen molar-refractivity contribution in [3.05, 3.63) is 29.3 Å². The van der Waals surface area contributed by atoms with Crippen molar-refractivity contribution in [1.82, 2.24) is 0 Å². The number of fused-ring (bicyclic) bond motifs is 1. The number of anilines is 1. The Morgan fingerprint density at radius 3 is 2.82 bits per heavy atom. The topological polar surface area (TPSA) is 29.1 Å². The molecule has 1 aliphatic heterocycles. The molecule has 1 aromatic rings. The van der Waals surface area contributed by atoms with Gasteiger partial charge in [-0.3, -0.25) is 4.79 Å². The quantitative estimate of drug-likeness (QED) is 0.785. The summed E-state index contributed by atoms with van der Waals surface area (Å²) >= 11 is 0. The highest BCUT2D eigenvalue weighted by Gasteiger charge is 2.39. The number of nitrogens with one attached hydrogen (secondary N) is 1. The molecule has 0 saturated heterocycles. The highest BCUT2D eigenvalue weighted by Crippen LogP contribution is 2.45. The number of amides is 1. The van der Waals surface area contributed by atoms with Crippen LogP contribution in [0, 0.1) is 18.8 Å². The van der Waals surface area contributed by atoms with Gasteiger partial charge in [0.15, 0.2) is 0 Å². The van der Waals surface area contributed by atoms with Crippen LogP contribution in [0.25, 0.3) is 0 Å². The molecule has 0 spiro atoms. The normalized spacial score (nSPS) is 31.4. The molecule has 0 aromatic heterocycles. The molecule has 1 N–H and O–H groups in total. The van der Waals surface area contributed by atoms with Crippen molar-refractivity contribution in [2.45, 2.75) is 39.0 Å².